The number of aromatic amines is 1. The number of nitrogens with zero attached hydrogens (tertiary/aromatic N) is 2. The van der Waals surface area contributed by atoms with Crippen molar-refractivity contribution in [2.24, 2.45) is 0 Å². The molecular weight excluding hydrogens is 319 g/mol. The van der Waals surface area contributed by atoms with E-state index >= 15 is 0 Å². The number of aromatic nitrogens is 2. The minimum atomic E-state index is -0.253. The molecule has 1 aromatic carbocycles. The number of rotatable bonds is 2. The largest absolute Gasteiger partial charge is 0.342 e. The van der Waals surface area contributed by atoms with Crippen LogP contribution in [0.4, 0.5) is 9.18 Å². The Morgan fingerprint density at radius 2 is 1.92 bits per heavy atom. The third-order valence-corrected chi connectivity index (χ3v) is 5.56. The molecule has 0 bridgehead atoms. The van der Waals surface area contributed by atoms with Crippen LogP contribution in [0.3, 0.4) is 0 Å². The summed E-state index contributed by atoms with van der Waals surface area (Å²) < 4.78 is 13.3. The molecule has 6 heteroatoms. The lowest BCUT2D eigenvalue weighted by molar-refractivity contribution is 0.173. The Bertz CT molecular complexity index is 745. The van der Waals surface area contributed by atoms with E-state index in [-0.39, 0.29) is 11.8 Å². The summed E-state index contributed by atoms with van der Waals surface area (Å²) in [7, 11) is 0. The quantitative estimate of drug-likeness (QED) is 0.867. The Morgan fingerprint density at radius 3 is 2.68 bits per heavy atom. The van der Waals surface area contributed by atoms with Crippen molar-refractivity contribution in [3.05, 3.63) is 29.8 Å². The first-order chi connectivity index (χ1) is 12.2. The van der Waals surface area contributed by atoms with Crippen LogP contribution in [0.2, 0.25) is 0 Å². The van der Waals surface area contributed by atoms with E-state index in [1.165, 1.54) is 31.4 Å². The summed E-state index contributed by atoms with van der Waals surface area (Å²) in [5.74, 6) is 0.957. The standard InChI is InChI=1S/C19H25FN4O/c20-14-6-7-16-17(12-14)23-18(22-16)13-8-10-24(11-9-13)19(25)21-15-4-2-1-3-5-15/h6-7,12-13,15H,1-5,8-11H2,(H,21,25)(H,22,23). The van der Waals surface area contributed by atoms with Crippen LogP contribution in [0.15, 0.2) is 18.2 Å². The molecular formula is C19H25FN4O. The van der Waals surface area contributed by atoms with Gasteiger partial charge in [-0.25, -0.2) is 14.2 Å². The third kappa shape index (κ3) is 3.62. The Balaban J connectivity index is 1.34. The number of nitrogens with one attached hydrogen (secondary N) is 2. The minimum Gasteiger partial charge on any atom is -0.342 e. The SMILES string of the molecule is O=C(NC1CCCCC1)N1CCC(c2nc3ccc(F)cc3[nH]2)CC1. The summed E-state index contributed by atoms with van der Waals surface area (Å²) in [6, 6.07) is 5.06. The van der Waals surface area contributed by atoms with Gasteiger partial charge >= 0.3 is 6.03 Å². The van der Waals surface area contributed by atoms with Gasteiger partial charge in [0.2, 0.25) is 0 Å². The molecule has 4 rings (SSSR count). The molecule has 1 aliphatic carbocycles. The molecule has 1 saturated carbocycles. The molecule has 1 aromatic heterocycles. The number of benzene rings is 1. The molecule has 1 aliphatic heterocycles. The van der Waals surface area contributed by atoms with E-state index in [1.54, 1.807) is 6.07 Å². The van der Waals surface area contributed by atoms with Crippen LogP contribution in [0.25, 0.3) is 11.0 Å². The van der Waals surface area contributed by atoms with Gasteiger partial charge in [0.15, 0.2) is 0 Å². The van der Waals surface area contributed by atoms with Gasteiger partial charge in [0.25, 0.3) is 0 Å². The van der Waals surface area contributed by atoms with Crippen molar-refractivity contribution < 1.29 is 9.18 Å². The molecule has 0 radical (unpaired) electrons. The average molecular weight is 344 g/mol. The number of fused-ring (bicyclic) bond motifs is 1. The van der Waals surface area contributed by atoms with Crippen molar-refractivity contribution in [3.63, 3.8) is 0 Å². The molecule has 2 aromatic rings. The number of urea groups is 1. The van der Waals surface area contributed by atoms with Crippen LogP contribution in [0, 0.1) is 5.82 Å². The van der Waals surface area contributed by atoms with Gasteiger partial charge in [-0.05, 0) is 43.9 Å². The lowest BCUT2D eigenvalue weighted by Gasteiger charge is -2.33. The van der Waals surface area contributed by atoms with Gasteiger partial charge in [0.05, 0.1) is 11.0 Å². The van der Waals surface area contributed by atoms with Crippen molar-refractivity contribution in [2.75, 3.05) is 13.1 Å². The van der Waals surface area contributed by atoms with E-state index < -0.39 is 0 Å². The van der Waals surface area contributed by atoms with E-state index in [0.29, 0.717) is 12.0 Å². The van der Waals surface area contributed by atoms with Gasteiger partial charge in [0.1, 0.15) is 11.6 Å². The van der Waals surface area contributed by atoms with Crippen molar-refractivity contribution >= 4 is 17.1 Å². The predicted molar refractivity (Wildman–Crippen MR) is 95.0 cm³/mol. The molecule has 1 saturated heterocycles. The van der Waals surface area contributed by atoms with Crippen molar-refractivity contribution in [1.82, 2.24) is 20.2 Å². The number of hydrogen-bond acceptors (Lipinski definition) is 2. The van der Waals surface area contributed by atoms with Gasteiger partial charge in [0, 0.05) is 25.0 Å². The molecule has 0 atom stereocenters. The highest BCUT2D eigenvalue weighted by Gasteiger charge is 2.27. The van der Waals surface area contributed by atoms with E-state index in [9.17, 15) is 9.18 Å². The highest BCUT2D eigenvalue weighted by molar-refractivity contribution is 5.75. The van der Waals surface area contributed by atoms with E-state index in [0.717, 1.165) is 55.6 Å². The first-order valence-corrected chi connectivity index (χ1v) is 9.39. The highest BCUT2D eigenvalue weighted by Crippen LogP contribution is 2.28. The van der Waals surface area contributed by atoms with Crippen molar-refractivity contribution in [2.45, 2.75) is 56.9 Å². The van der Waals surface area contributed by atoms with E-state index in [2.05, 4.69) is 15.3 Å². The number of amides is 2. The number of piperidine rings is 1. The summed E-state index contributed by atoms with van der Waals surface area (Å²) in [4.78, 5) is 22.2. The van der Waals surface area contributed by atoms with E-state index in [1.807, 2.05) is 4.90 Å². The number of halogens is 1. The highest BCUT2D eigenvalue weighted by atomic mass is 19.1. The fourth-order valence-corrected chi connectivity index (χ4v) is 4.06. The van der Waals surface area contributed by atoms with E-state index in [4.69, 9.17) is 0 Å². The molecule has 5 nitrogen and oxygen atoms in total. The summed E-state index contributed by atoms with van der Waals surface area (Å²) in [5.41, 5.74) is 1.54. The van der Waals surface area contributed by atoms with Crippen LogP contribution in [0.1, 0.15) is 56.7 Å². The molecule has 0 unspecified atom stereocenters. The first kappa shape index (κ1) is 16.4. The van der Waals surface area contributed by atoms with Gasteiger partial charge in [-0.1, -0.05) is 19.3 Å². The van der Waals surface area contributed by atoms with Gasteiger partial charge in [-0.2, -0.15) is 0 Å². The van der Waals surface area contributed by atoms with Gasteiger partial charge in [-0.3, -0.25) is 0 Å². The second kappa shape index (κ2) is 7.02. The second-order valence-electron chi connectivity index (χ2n) is 7.33. The zero-order valence-corrected chi connectivity index (χ0v) is 14.4. The second-order valence-corrected chi connectivity index (χ2v) is 7.33. The number of hydrogen-bond donors (Lipinski definition) is 2. The molecule has 0 spiro atoms. The molecule has 2 heterocycles. The molecule has 2 aliphatic rings. The molecule has 134 valence electrons. The molecule has 25 heavy (non-hydrogen) atoms. The summed E-state index contributed by atoms with van der Waals surface area (Å²) in [5, 5.41) is 3.19. The molecule has 2 amide bonds. The first-order valence-electron chi connectivity index (χ1n) is 9.39. The van der Waals surface area contributed by atoms with Crippen LogP contribution in [-0.2, 0) is 0 Å². The fourth-order valence-electron chi connectivity index (χ4n) is 4.06. The normalized spacial score (nSPS) is 20.1. The molecule has 2 fully saturated rings. The topological polar surface area (TPSA) is 61.0 Å². The number of imidazole rings is 1. The number of carbonyl (C=O) groups is 1. The Morgan fingerprint density at radius 1 is 1.16 bits per heavy atom. The van der Waals surface area contributed by atoms with Crippen LogP contribution >= 0.6 is 0 Å². The lowest BCUT2D eigenvalue weighted by Crippen LogP contribution is -2.48. The third-order valence-electron chi connectivity index (χ3n) is 5.56. The Hall–Kier alpha value is -2.11. The van der Waals surface area contributed by atoms with Crippen molar-refractivity contribution in [1.29, 1.82) is 0 Å². The lowest BCUT2D eigenvalue weighted by atomic mass is 9.95. The van der Waals surface area contributed by atoms with Gasteiger partial charge < -0.3 is 15.2 Å². The van der Waals surface area contributed by atoms with Crippen molar-refractivity contribution in [3.8, 4) is 0 Å². The summed E-state index contributed by atoms with van der Waals surface area (Å²) >= 11 is 0. The smallest absolute Gasteiger partial charge is 0.317 e. The van der Waals surface area contributed by atoms with Crippen LogP contribution < -0.4 is 5.32 Å². The zero-order chi connectivity index (χ0) is 17.2. The fraction of sp³-hybridized carbons (Fsp3) is 0.579. The van der Waals surface area contributed by atoms with Crippen LogP contribution in [0.5, 0.6) is 0 Å². The Kier molecular flexibility index (Phi) is 4.59. The summed E-state index contributed by atoms with van der Waals surface area (Å²) in [6.07, 6.45) is 7.73. The maximum Gasteiger partial charge on any atom is 0.317 e. The zero-order valence-electron chi connectivity index (χ0n) is 14.4. The maximum atomic E-state index is 13.3. The Labute approximate surface area is 147 Å². The maximum absolute atomic E-state index is 13.3. The number of carbonyl (C=O) groups excluding carboxylic acids is 1. The predicted octanol–water partition coefficient (Wildman–Crippen LogP) is 3.92. The average Bonchev–Trinajstić information content (AvgIpc) is 3.06. The van der Waals surface area contributed by atoms with Crippen LogP contribution in [-0.4, -0.2) is 40.0 Å². The monoisotopic (exact) mass is 344 g/mol. The minimum absolute atomic E-state index is 0.0806. The summed E-state index contributed by atoms with van der Waals surface area (Å²) in [6.45, 7) is 1.49. The number of likely N-dealkylation sites (tertiary alicyclic amines) is 1. The molecule has 2 N–H and O–H groups in total. The van der Waals surface area contributed by atoms with Gasteiger partial charge in [-0.15, -0.1) is 0 Å². The number of H-pyrrole nitrogens is 1.